The summed E-state index contributed by atoms with van der Waals surface area (Å²) in [7, 11) is 2.79. The van der Waals surface area contributed by atoms with Gasteiger partial charge in [-0.15, -0.1) is 0 Å². The molecule has 1 aromatic rings. The fourth-order valence-electron chi connectivity index (χ4n) is 1.40. The van der Waals surface area contributed by atoms with Gasteiger partial charge in [-0.05, 0) is 11.6 Å². The summed E-state index contributed by atoms with van der Waals surface area (Å²) >= 11 is 3.29. The molecule has 0 amide bonds. The molecule has 0 fully saturated rings. The van der Waals surface area contributed by atoms with Crippen molar-refractivity contribution in [2.45, 2.75) is 12.7 Å². The summed E-state index contributed by atoms with van der Waals surface area (Å²) in [5.74, 6) is -0.691. The van der Waals surface area contributed by atoms with Crippen LogP contribution in [0.15, 0.2) is 22.7 Å². The molecule has 88 valence electrons. The summed E-state index contributed by atoms with van der Waals surface area (Å²) in [6.45, 7) is 0.322. The molecule has 0 aliphatic heterocycles. The maximum Gasteiger partial charge on any atom is 0.339 e. The number of esters is 1. The predicted octanol–water partition coefficient (Wildman–Crippen LogP) is 1.80. The first-order valence-corrected chi connectivity index (χ1v) is 5.43. The van der Waals surface area contributed by atoms with E-state index in [2.05, 4.69) is 20.7 Å². The molecule has 0 heterocycles. The number of halogens is 1. The normalized spacial score (nSPS) is 12.2. The molecule has 1 unspecified atom stereocenters. The van der Waals surface area contributed by atoms with E-state index >= 15 is 0 Å². The van der Waals surface area contributed by atoms with E-state index in [4.69, 9.17) is 4.74 Å². The van der Waals surface area contributed by atoms with Crippen LogP contribution in [-0.4, -0.2) is 25.3 Å². The Balaban J connectivity index is 3.13. The lowest BCUT2D eigenvalue weighted by molar-refractivity contribution is -0.150. The third-order valence-electron chi connectivity index (χ3n) is 2.14. The largest absolute Gasteiger partial charge is 0.467 e. The average Bonchev–Trinajstić information content (AvgIpc) is 2.28. The van der Waals surface area contributed by atoms with Crippen molar-refractivity contribution in [2.75, 3.05) is 14.2 Å². The summed E-state index contributed by atoms with van der Waals surface area (Å²) in [5, 5.41) is 9.82. The Morgan fingerprint density at radius 3 is 2.75 bits per heavy atom. The van der Waals surface area contributed by atoms with Crippen molar-refractivity contribution in [2.24, 2.45) is 0 Å². The Morgan fingerprint density at radius 2 is 2.19 bits per heavy atom. The molecular weight excluding hydrogens is 276 g/mol. The maximum atomic E-state index is 11.3. The molecule has 5 heteroatoms. The van der Waals surface area contributed by atoms with Crippen LogP contribution >= 0.6 is 15.9 Å². The van der Waals surface area contributed by atoms with Gasteiger partial charge in [0, 0.05) is 17.1 Å². The standard InChI is InChI=1S/C11H13BrO4/c1-15-6-7-4-3-5-8(12)9(7)10(13)11(14)16-2/h3-5,10,13H,6H2,1-2H3. The maximum absolute atomic E-state index is 11.3. The van der Waals surface area contributed by atoms with Gasteiger partial charge in [0.15, 0.2) is 6.10 Å². The quantitative estimate of drug-likeness (QED) is 0.859. The fourth-order valence-corrected chi connectivity index (χ4v) is 2.02. The lowest BCUT2D eigenvalue weighted by Crippen LogP contribution is -2.16. The third-order valence-corrected chi connectivity index (χ3v) is 2.83. The molecule has 1 atom stereocenters. The highest BCUT2D eigenvalue weighted by Crippen LogP contribution is 2.28. The molecule has 1 N–H and O–H groups in total. The van der Waals surface area contributed by atoms with E-state index in [0.29, 0.717) is 16.6 Å². The van der Waals surface area contributed by atoms with Gasteiger partial charge in [0.2, 0.25) is 0 Å². The SMILES string of the molecule is COCc1cccc(Br)c1C(O)C(=O)OC. The van der Waals surface area contributed by atoms with Gasteiger partial charge in [0.05, 0.1) is 13.7 Å². The van der Waals surface area contributed by atoms with Crippen molar-refractivity contribution in [3.05, 3.63) is 33.8 Å². The number of methoxy groups -OCH3 is 2. The molecular formula is C11H13BrO4. The van der Waals surface area contributed by atoms with E-state index in [0.717, 1.165) is 5.56 Å². The minimum Gasteiger partial charge on any atom is -0.467 e. The minimum atomic E-state index is -1.30. The second kappa shape index (κ2) is 5.98. The number of carbonyl (C=O) groups is 1. The van der Waals surface area contributed by atoms with Crippen LogP contribution in [0.1, 0.15) is 17.2 Å². The number of carbonyl (C=O) groups excluding carboxylic acids is 1. The van der Waals surface area contributed by atoms with Crippen LogP contribution in [-0.2, 0) is 20.9 Å². The van der Waals surface area contributed by atoms with E-state index in [-0.39, 0.29) is 0 Å². The first-order valence-electron chi connectivity index (χ1n) is 4.64. The lowest BCUT2D eigenvalue weighted by atomic mass is 10.0. The molecule has 0 aromatic heterocycles. The highest BCUT2D eigenvalue weighted by Gasteiger charge is 2.23. The molecule has 0 bridgehead atoms. The highest BCUT2D eigenvalue weighted by molar-refractivity contribution is 9.10. The molecule has 4 nitrogen and oxygen atoms in total. The number of hydrogen-bond donors (Lipinski definition) is 1. The Hall–Kier alpha value is -0.910. The van der Waals surface area contributed by atoms with Crippen LogP contribution in [0.2, 0.25) is 0 Å². The molecule has 16 heavy (non-hydrogen) atoms. The summed E-state index contributed by atoms with van der Waals surface area (Å²) in [4.78, 5) is 11.3. The molecule has 0 saturated heterocycles. The number of aliphatic hydroxyl groups is 1. The van der Waals surface area contributed by atoms with Crippen molar-refractivity contribution in [3.8, 4) is 0 Å². The second-order valence-corrected chi connectivity index (χ2v) is 4.03. The highest BCUT2D eigenvalue weighted by atomic mass is 79.9. The molecule has 0 spiro atoms. The molecule has 0 aliphatic rings. The van der Waals surface area contributed by atoms with Gasteiger partial charge in [0.25, 0.3) is 0 Å². The van der Waals surface area contributed by atoms with Gasteiger partial charge in [-0.2, -0.15) is 0 Å². The van der Waals surface area contributed by atoms with Gasteiger partial charge >= 0.3 is 5.97 Å². The van der Waals surface area contributed by atoms with E-state index in [1.165, 1.54) is 7.11 Å². The van der Waals surface area contributed by atoms with Crippen LogP contribution in [0.3, 0.4) is 0 Å². The smallest absolute Gasteiger partial charge is 0.339 e. The van der Waals surface area contributed by atoms with Crippen LogP contribution < -0.4 is 0 Å². The van der Waals surface area contributed by atoms with Gasteiger partial charge < -0.3 is 14.6 Å². The Kier molecular flexibility index (Phi) is 4.92. The van der Waals surface area contributed by atoms with Gasteiger partial charge in [-0.3, -0.25) is 0 Å². The minimum absolute atomic E-state index is 0.322. The molecule has 0 radical (unpaired) electrons. The van der Waals surface area contributed by atoms with Crippen LogP contribution in [0.5, 0.6) is 0 Å². The second-order valence-electron chi connectivity index (χ2n) is 3.17. The zero-order chi connectivity index (χ0) is 12.1. The van der Waals surface area contributed by atoms with Gasteiger partial charge in [-0.25, -0.2) is 4.79 Å². The van der Waals surface area contributed by atoms with Crippen molar-refractivity contribution in [3.63, 3.8) is 0 Å². The first kappa shape index (κ1) is 13.2. The Labute approximate surface area is 102 Å². The molecule has 0 aliphatic carbocycles. The summed E-state index contributed by atoms with van der Waals surface area (Å²) in [5.41, 5.74) is 1.23. The Bertz CT molecular complexity index is 378. The zero-order valence-electron chi connectivity index (χ0n) is 9.07. The van der Waals surface area contributed by atoms with Gasteiger partial charge in [0.1, 0.15) is 0 Å². The number of hydrogen-bond acceptors (Lipinski definition) is 4. The number of ether oxygens (including phenoxy) is 2. The van der Waals surface area contributed by atoms with Crippen molar-refractivity contribution in [1.29, 1.82) is 0 Å². The number of rotatable bonds is 4. The summed E-state index contributed by atoms with van der Waals surface area (Å²) < 4.78 is 10.2. The first-order chi connectivity index (χ1) is 7.61. The average molecular weight is 289 g/mol. The monoisotopic (exact) mass is 288 g/mol. The summed E-state index contributed by atoms with van der Waals surface area (Å²) in [6, 6.07) is 5.35. The molecule has 0 saturated carbocycles. The van der Waals surface area contributed by atoms with Crippen LogP contribution in [0, 0.1) is 0 Å². The van der Waals surface area contributed by atoms with E-state index in [1.54, 1.807) is 19.2 Å². The number of aliphatic hydroxyl groups excluding tert-OH is 1. The van der Waals surface area contributed by atoms with Gasteiger partial charge in [-0.1, -0.05) is 28.1 Å². The zero-order valence-corrected chi connectivity index (χ0v) is 10.7. The predicted molar refractivity (Wildman–Crippen MR) is 61.8 cm³/mol. The van der Waals surface area contributed by atoms with Crippen molar-refractivity contribution < 1.29 is 19.4 Å². The lowest BCUT2D eigenvalue weighted by Gasteiger charge is -2.15. The van der Waals surface area contributed by atoms with Crippen molar-refractivity contribution >= 4 is 21.9 Å². The Morgan fingerprint density at radius 1 is 1.50 bits per heavy atom. The van der Waals surface area contributed by atoms with E-state index in [9.17, 15) is 9.90 Å². The number of benzene rings is 1. The van der Waals surface area contributed by atoms with Crippen LogP contribution in [0.4, 0.5) is 0 Å². The van der Waals surface area contributed by atoms with Crippen LogP contribution in [0.25, 0.3) is 0 Å². The topological polar surface area (TPSA) is 55.8 Å². The third kappa shape index (κ3) is 2.81. The molecule has 1 aromatic carbocycles. The summed E-state index contributed by atoms with van der Waals surface area (Å²) in [6.07, 6.45) is -1.30. The van der Waals surface area contributed by atoms with E-state index < -0.39 is 12.1 Å². The van der Waals surface area contributed by atoms with Crippen molar-refractivity contribution in [1.82, 2.24) is 0 Å². The molecule has 1 rings (SSSR count). The van der Waals surface area contributed by atoms with E-state index in [1.807, 2.05) is 6.07 Å². The fraction of sp³-hybridized carbons (Fsp3) is 0.364.